The number of para-hydroxylation sites is 1. The van der Waals surface area contributed by atoms with Gasteiger partial charge in [-0.05, 0) is 50.2 Å². The van der Waals surface area contributed by atoms with Crippen LogP contribution in [0.15, 0.2) is 65.1 Å². The molecule has 29 heavy (non-hydrogen) atoms. The number of esters is 1. The summed E-state index contributed by atoms with van der Waals surface area (Å²) in [5.74, 6) is 0.592. The minimum absolute atomic E-state index is 0.309. The van der Waals surface area contributed by atoms with E-state index in [2.05, 4.69) is 5.32 Å². The number of ether oxygens (including phenoxy) is 1. The lowest BCUT2D eigenvalue weighted by Crippen LogP contribution is -2.30. The Morgan fingerprint density at radius 3 is 2.41 bits per heavy atom. The van der Waals surface area contributed by atoms with Crippen molar-refractivity contribution in [2.75, 3.05) is 19.0 Å². The zero-order chi connectivity index (χ0) is 20.8. The Morgan fingerprint density at radius 1 is 1.00 bits per heavy atom. The third-order valence-corrected chi connectivity index (χ3v) is 4.42. The normalized spacial score (nSPS) is 10.4. The zero-order valence-corrected chi connectivity index (χ0v) is 16.8. The number of rotatable bonds is 7. The summed E-state index contributed by atoms with van der Waals surface area (Å²) in [6.45, 7) is 3.83. The van der Waals surface area contributed by atoms with Gasteiger partial charge in [0.1, 0.15) is 11.5 Å². The second-order valence-corrected chi connectivity index (χ2v) is 6.87. The molecule has 0 saturated carbocycles. The van der Waals surface area contributed by atoms with E-state index < -0.39 is 5.97 Å². The Morgan fingerprint density at radius 2 is 1.72 bits per heavy atom. The van der Waals surface area contributed by atoms with Gasteiger partial charge in [-0.1, -0.05) is 29.8 Å². The van der Waals surface area contributed by atoms with E-state index in [-0.39, 0.29) is 12.5 Å². The molecule has 150 valence electrons. The fraction of sp³-hybridized carbons (Fsp3) is 0.217. The molecular formula is C23H24N2O4. The molecule has 3 aromatic rings. The van der Waals surface area contributed by atoms with Crippen molar-refractivity contribution in [2.24, 2.45) is 0 Å². The number of carbonyl (C=O) groups excluding carboxylic acids is 2. The molecular weight excluding hydrogens is 368 g/mol. The highest BCUT2D eigenvalue weighted by Gasteiger charge is 2.17. The lowest BCUT2D eigenvalue weighted by Gasteiger charge is -2.16. The predicted octanol–water partition coefficient (Wildman–Crippen LogP) is 4.46. The molecule has 0 aliphatic rings. The van der Waals surface area contributed by atoms with Gasteiger partial charge in [-0.25, -0.2) is 4.79 Å². The lowest BCUT2D eigenvalue weighted by molar-refractivity contribution is -0.134. The molecule has 6 heteroatoms. The van der Waals surface area contributed by atoms with Crippen LogP contribution in [-0.2, 0) is 16.1 Å². The van der Waals surface area contributed by atoms with Gasteiger partial charge in [0.2, 0.25) is 0 Å². The standard InChI is InChI=1S/C23H24N2O4/c1-16-8-11-18(12-9-16)24-21-7-5-4-6-20(21)23(27)28-15-22(26)25(3)14-19-13-10-17(2)29-19/h4-13,24H,14-15H2,1-3H3. The van der Waals surface area contributed by atoms with Crippen LogP contribution in [-0.4, -0.2) is 30.4 Å². The molecule has 0 fully saturated rings. The van der Waals surface area contributed by atoms with Gasteiger partial charge in [0.25, 0.3) is 5.91 Å². The molecule has 1 aromatic heterocycles. The van der Waals surface area contributed by atoms with E-state index in [1.54, 1.807) is 25.2 Å². The van der Waals surface area contributed by atoms with Gasteiger partial charge >= 0.3 is 5.97 Å². The fourth-order valence-corrected chi connectivity index (χ4v) is 2.77. The number of hydrogen-bond acceptors (Lipinski definition) is 5. The molecule has 0 radical (unpaired) electrons. The van der Waals surface area contributed by atoms with Crippen LogP contribution in [0.1, 0.15) is 27.4 Å². The zero-order valence-electron chi connectivity index (χ0n) is 16.8. The second kappa shape index (κ2) is 9.10. The van der Waals surface area contributed by atoms with Crippen molar-refractivity contribution in [3.05, 3.63) is 83.3 Å². The molecule has 6 nitrogen and oxygen atoms in total. The topological polar surface area (TPSA) is 71.8 Å². The van der Waals surface area contributed by atoms with Crippen LogP contribution in [0.25, 0.3) is 0 Å². The number of anilines is 2. The van der Waals surface area contributed by atoms with Crippen LogP contribution >= 0.6 is 0 Å². The van der Waals surface area contributed by atoms with Crippen LogP contribution in [0, 0.1) is 13.8 Å². The van der Waals surface area contributed by atoms with Gasteiger partial charge in [0, 0.05) is 12.7 Å². The maximum absolute atomic E-state index is 12.5. The SMILES string of the molecule is Cc1ccc(Nc2ccccc2C(=O)OCC(=O)N(C)Cc2ccc(C)o2)cc1. The fourth-order valence-electron chi connectivity index (χ4n) is 2.77. The van der Waals surface area contributed by atoms with Gasteiger partial charge in [-0.2, -0.15) is 0 Å². The molecule has 1 amide bonds. The first kappa shape index (κ1) is 20.2. The van der Waals surface area contributed by atoms with Crippen molar-refractivity contribution in [3.8, 4) is 0 Å². The third-order valence-electron chi connectivity index (χ3n) is 4.42. The average molecular weight is 392 g/mol. The Bertz CT molecular complexity index is 992. The summed E-state index contributed by atoms with van der Waals surface area (Å²) in [4.78, 5) is 26.3. The highest BCUT2D eigenvalue weighted by Crippen LogP contribution is 2.22. The summed E-state index contributed by atoms with van der Waals surface area (Å²) in [6, 6.07) is 18.5. The first-order valence-corrected chi connectivity index (χ1v) is 9.31. The number of benzene rings is 2. The molecule has 1 heterocycles. The monoisotopic (exact) mass is 392 g/mol. The van der Waals surface area contributed by atoms with Crippen molar-refractivity contribution < 1.29 is 18.7 Å². The largest absolute Gasteiger partial charge is 0.464 e. The summed E-state index contributed by atoms with van der Waals surface area (Å²) >= 11 is 0. The molecule has 0 spiro atoms. The minimum Gasteiger partial charge on any atom is -0.464 e. The Kier molecular flexibility index (Phi) is 6.34. The molecule has 0 aliphatic heterocycles. The van der Waals surface area contributed by atoms with E-state index in [4.69, 9.17) is 9.15 Å². The molecule has 0 bridgehead atoms. The highest BCUT2D eigenvalue weighted by atomic mass is 16.5. The van der Waals surface area contributed by atoms with Gasteiger partial charge in [-0.3, -0.25) is 4.79 Å². The quantitative estimate of drug-likeness (QED) is 0.601. The summed E-state index contributed by atoms with van der Waals surface area (Å²) in [5, 5.41) is 3.22. The first-order valence-electron chi connectivity index (χ1n) is 9.31. The number of hydrogen-bond donors (Lipinski definition) is 1. The van der Waals surface area contributed by atoms with Crippen molar-refractivity contribution in [3.63, 3.8) is 0 Å². The van der Waals surface area contributed by atoms with Gasteiger partial charge in [0.05, 0.1) is 17.8 Å². The van der Waals surface area contributed by atoms with Crippen LogP contribution < -0.4 is 5.32 Å². The number of nitrogens with zero attached hydrogens (tertiary/aromatic N) is 1. The van der Waals surface area contributed by atoms with Crippen LogP contribution in [0.5, 0.6) is 0 Å². The molecule has 0 saturated heterocycles. The summed E-state index contributed by atoms with van der Waals surface area (Å²) in [5.41, 5.74) is 2.99. The number of likely N-dealkylation sites (N-methyl/N-ethyl adjacent to an activating group) is 1. The Hall–Kier alpha value is -3.54. The first-order chi connectivity index (χ1) is 13.9. The average Bonchev–Trinajstić information content (AvgIpc) is 3.12. The maximum Gasteiger partial charge on any atom is 0.340 e. The summed E-state index contributed by atoms with van der Waals surface area (Å²) in [7, 11) is 1.64. The number of aryl methyl sites for hydroxylation is 2. The van der Waals surface area contributed by atoms with E-state index >= 15 is 0 Å². The van der Waals surface area contributed by atoms with Crippen LogP contribution in [0.2, 0.25) is 0 Å². The van der Waals surface area contributed by atoms with E-state index in [9.17, 15) is 9.59 Å². The number of furan rings is 1. The molecule has 2 aromatic carbocycles. The van der Waals surface area contributed by atoms with Crippen LogP contribution in [0.4, 0.5) is 11.4 Å². The Labute approximate surface area is 170 Å². The van der Waals surface area contributed by atoms with Gasteiger partial charge in [-0.15, -0.1) is 0 Å². The van der Waals surface area contributed by atoms with Crippen molar-refractivity contribution in [1.82, 2.24) is 4.90 Å². The van der Waals surface area contributed by atoms with Crippen molar-refractivity contribution >= 4 is 23.3 Å². The van der Waals surface area contributed by atoms with Gasteiger partial charge in [0.15, 0.2) is 6.61 Å². The number of nitrogens with one attached hydrogen (secondary N) is 1. The van der Waals surface area contributed by atoms with Gasteiger partial charge < -0.3 is 19.4 Å². The number of carbonyl (C=O) groups is 2. The molecule has 3 rings (SSSR count). The Balaban J connectivity index is 1.60. The molecule has 0 unspecified atom stereocenters. The lowest BCUT2D eigenvalue weighted by atomic mass is 10.1. The van der Waals surface area contributed by atoms with Crippen molar-refractivity contribution in [1.29, 1.82) is 0 Å². The second-order valence-electron chi connectivity index (χ2n) is 6.87. The summed E-state index contributed by atoms with van der Waals surface area (Å²) < 4.78 is 10.7. The van der Waals surface area contributed by atoms with Crippen LogP contribution in [0.3, 0.4) is 0 Å². The third kappa shape index (κ3) is 5.48. The smallest absolute Gasteiger partial charge is 0.340 e. The predicted molar refractivity (Wildman–Crippen MR) is 111 cm³/mol. The molecule has 0 atom stereocenters. The highest BCUT2D eigenvalue weighted by molar-refractivity contribution is 5.97. The molecule has 0 aliphatic carbocycles. The van der Waals surface area contributed by atoms with E-state index in [1.165, 1.54) is 4.90 Å². The van der Waals surface area contributed by atoms with E-state index in [0.29, 0.717) is 23.6 Å². The van der Waals surface area contributed by atoms with E-state index in [0.717, 1.165) is 17.0 Å². The van der Waals surface area contributed by atoms with Crippen molar-refractivity contribution in [2.45, 2.75) is 20.4 Å². The molecule has 1 N–H and O–H groups in total. The maximum atomic E-state index is 12.5. The minimum atomic E-state index is -0.559. The summed E-state index contributed by atoms with van der Waals surface area (Å²) in [6.07, 6.45) is 0. The van der Waals surface area contributed by atoms with E-state index in [1.807, 2.05) is 56.3 Å². The number of amides is 1.